The summed E-state index contributed by atoms with van der Waals surface area (Å²) in [6.07, 6.45) is 1.30. The van der Waals surface area contributed by atoms with Gasteiger partial charge in [0, 0.05) is 12.6 Å². The fraction of sp³-hybridized carbons (Fsp3) is 0.333. The summed E-state index contributed by atoms with van der Waals surface area (Å²) in [5.74, 6) is -1.43. The van der Waals surface area contributed by atoms with Crippen LogP contribution < -0.4 is 10.6 Å². The first-order valence-electron chi connectivity index (χ1n) is 6.05. The Morgan fingerprint density at radius 1 is 1.50 bits per heavy atom. The molecule has 0 radical (unpaired) electrons. The molecule has 1 amide bonds. The van der Waals surface area contributed by atoms with E-state index >= 15 is 0 Å². The highest BCUT2D eigenvalue weighted by atomic mass is 16.6. The molecular formula is C12H13N3O5. The molecule has 1 aliphatic heterocycles. The summed E-state index contributed by atoms with van der Waals surface area (Å²) in [7, 11) is 0. The molecule has 0 saturated carbocycles. The van der Waals surface area contributed by atoms with Crippen molar-refractivity contribution in [2.45, 2.75) is 18.9 Å². The van der Waals surface area contributed by atoms with Crippen LogP contribution in [0, 0.1) is 10.1 Å². The lowest BCUT2D eigenvalue weighted by Gasteiger charge is -2.23. The third kappa shape index (κ3) is 2.85. The topological polar surface area (TPSA) is 122 Å². The van der Waals surface area contributed by atoms with Crippen molar-refractivity contribution in [2.75, 3.05) is 11.9 Å². The van der Waals surface area contributed by atoms with E-state index in [9.17, 15) is 19.7 Å². The van der Waals surface area contributed by atoms with Crippen molar-refractivity contribution in [2.24, 2.45) is 0 Å². The maximum atomic E-state index is 11.6. The maximum absolute atomic E-state index is 11.6. The Hall–Kier alpha value is -2.64. The first kappa shape index (κ1) is 13.8. The van der Waals surface area contributed by atoms with Gasteiger partial charge in [0.25, 0.3) is 5.69 Å². The van der Waals surface area contributed by atoms with Gasteiger partial charge in [-0.05, 0) is 25.0 Å². The number of aromatic carboxylic acids is 1. The monoisotopic (exact) mass is 279 g/mol. The van der Waals surface area contributed by atoms with Crippen molar-refractivity contribution in [1.82, 2.24) is 5.32 Å². The predicted molar refractivity (Wildman–Crippen MR) is 69.7 cm³/mol. The normalized spacial score (nSPS) is 18.2. The van der Waals surface area contributed by atoms with Crippen molar-refractivity contribution in [3.8, 4) is 0 Å². The molecule has 0 aliphatic carbocycles. The molecule has 1 heterocycles. The Kier molecular flexibility index (Phi) is 3.83. The molecule has 2 rings (SSSR count). The number of nitrogens with zero attached hydrogens (tertiary/aromatic N) is 1. The molecule has 1 aromatic carbocycles. The molecule has 106 valence electrons. The SMILES string of the molecule is O=C(O)c1ccc([N+](=O)[O-])c(NC2CCCNC2=O)c1. The minimum Gasteiger partial charge on any atom is -0.478 e. The lowest BCUT2D eigenvalue weighted by Crippen LogP contribution is -2.44. The molecule has 1 atom stereocenters. The minimum absolute atomic E-state index is 0.0388. The van der Waals surface area contributed by atoms with Gasteiger partial charge < -0.3 is 15.7 Å². The van der Waals surface area contributed by atoms with Gasteiger partial charge in [0.2, 0.25) is 5.91 Å². The highest BCUT2D eigenvalue weighted by Gasteiger charge is 2.25. The van der Waals surface area contributed by atoms with Crippen LogP contribution in [0.15, 0.2) is 18.2 Å². The molecule has 20 heavy (non-hydrogen) atoms. The summed E-state index contributed by atoms with van der Waals surface area (Å²) in [6, 6.07) is 2.85. The smallest absolute Gasteiger partial charge is 0.335 e. The molecule has 0 spiro atoms. The van der Waals surface area contributed by atoms with Gasteiger partial charge in [0.1, 0.15) is 11.7 Å². The second-order valence-electron chi connectivity index (χ2n) is 4.42. The fourth-order valence-electron chi connectivity index (χ4n) is 2.04. The van der Waals surface area contributed by atoms with Gasteiger partial charge in [-0.3, -0.25) is 14.9 Å². The summed E-state index contributed by atoms with van der Waals surface area (Å²) in [5.41, 5.74) is -0.292. The average molecular weight is 279 g/mol. The van der Waals surface area contributed by atoms with Gasteiger partial charge >= 0.3 is 5.97 Å². The standard InChI is InChI=1S/C12H13N3O5/c16-11-8(2-1-5-13-11)14-9-6-7(12(17)18)3-4-10(9)15(19)20/h3-4,6,8,14H,1-2,5H2,(H,13,16)(H,17,18). The van der Waals surface area contributed by atoms with Gasteiger partial charge in [0.05, 0.1) is 10.5 Å². The minimum atomic E-state index is -1.18. The van der Waals surface area contributed by atoms with Crippen LogP contribution in [0.1, 0.15) is 23.2 Å². The molecule has 1 aliphatic rings. The molecule has 1 aromatic rings. The van der Waals surface area contributed by atoms with E-state index in [-0.39, 0.29) is 22.8 Å². The van der Waals surface area contributed by atoms with Crippen LogP contribution in [-0.2, 0) is 4.79 Å². The largest absolute Gasteiger partial charge is 0.478 e. The zero-order valence-corrected chi connectivity index (χ0v) is 10.5. The van der Waals surface area contributed by atoms with E-state index < -0.39 is 16.9 Å². The number of carboxylic acid groups (broad SMARTS) is 1. The lowest BCUT2D eigenvalue weighted by atomic mass is 10.1. The second kappa shape index (κ2) is 5.55. The molecular weight excluding hydrogens is 266 g/mol. The quantitative estimate of drug-likeness (QED) is 0.558. The first-order chi connectivity index (χ1) is 9.49. The van der Waals surface area contributed by atoms with E-state index in [0.717, 1.165) is 18.6 Å². The maximum Gasteiger partial charge on any atom is 0.335 e. The van der Waals surface area contributed by atoms with Crippen molar-refractivity contribution >= 4 is 23.3 Å². The number of hydrogen-bond donors (Lipinski definition) is 3. The molecule has 0 bridgehead atoms. The molecule has 1 unspecified atom stereocenters. The number of nitro groups is 1. The van der Waals surface area contributed by atoms with Crippen molar-refractivity contribution < 1.29 is 19.6 Å². The zero-order chi connectivity index (χ0) is 14.7. The fourth-order valence-corrected chi connectivity index (χ4v) is 2.04. The Labute approximate surface area is 113 Å². The predicted octanol–water partition coefficient (Wildman–Crippen LogP) is 0.983. The number of hydrogen-bond acceptors (Lipinski definition) is 5. The average Bonchev–Trinajstić information content (AvgIpc) is 2.41. The Morgan fingerprint density at radius 3 is 2.85 bits per heavy atom. The Balaban J connectivity index is 2.32. The second-order valence-corrected chi connectivity index (χ2v) is 4.42. The van der Waals surface area contributed by atoms with Crippen LogP contribution in [0.4, 0.5) is 11.4 Å². The van der Waals surface area contributed by atoms with Crippen LogP contribution in [0.5, 0.6) is 0 Å². The van der Waals surface area contributed by atoms with Gasteiger partial charge in [-0.15, -0.1) is 0 Å². The van der Waals surface area contributed by atoms with E-state index in [1.54, 1.807) is 0 Å². The molecule has 8 heteroatoms. The summed E-state index contributed by atoms with van der Waals surface area (Å²) in [4.78, 5) is 32.9. The first-order valence-corrected chi connectivity index (χ1v) is 6.05. The van der Waals surface area contributed by atoms with Crippen LogP contribution >= 0.6 is 0 Å². The van der Waals surface area contributed by atoms with Gasteiger partial charge in [-0.1, -0.05) is 0 Å². The molecule has 1 fully saturated rings. The third-order valence-electron chi connectivity index (χ3n) is 3.06. The van der Waals surface area contributed by atoms with Crippen LogP contribution in [0.25, 0.3) is 0 Å². The van der Waals surface area contributed by atoms with Crippen molar-refractivity contribution in [3.63, 3.8) is 0 Å². The Morgan fingerprint density at radius 2 is 2.25 bits per heavy atom. The number of carbonyl (C=O) groups excluding carboxylic acids is 1. The number of piperidine rings is 1. The summed E-state index contributed by atoms with van der Waals surface area (Å²) in [5, 5.41) is 25.3. The lowest BCUT2D eigenvalue weighted by molar-refractivity contribution is -0.384. The highest BCUT2D eigenvalue weighted by molar-refractivity contribution is 5.91. The Bertz CT molecular complexity index is 572. The van der Waals surface area contributed by atoms with E-state index in [0.29, 0.717) is 13.0 Å². The number of nitro benzene ring substituents is 1. The van der Waals surface area contributed by atoms with Gasteiger partial charge in [-0.2, -0.15) is 0 Å². The number of anilines is 1. The molecule has 3 N–H and O–H groups in total. The van der Waals surface area contributed by atoms with E-state index in [1.165, 1.54) is 6.07 Å². The van der Waals surface area contributed by atoms with Crippen molar-refractivity contribution in [3.05, 3.63) is 33.9 Å². The number of rotatable bonds is 4. The van der Waals surface area contributed by atoms with Crippen LogP contribution in [0.3, 0.4) is 0 Å². The molecule has 0 aromatic heterocycles. The van der Waals surface area contributed by atoms with Crippen LogP contribution in [0.2, 0.25) is 0 Å². The number of benzene rings is 1. The molecule has 1 saturated heterocycles. The number of carboxylic acids is 1. The molecule has 8 nitrogen and oxygen atoms in total. The number of nitrogens with one attached hydrogen (secondary N) is 2. The number of carbonyl (C=O) groups is 2. The highest BCUT2D eigenvalue weighted by Crippen LogP contribution is 2.27. The van der Waals surface area contributed by atoms with E-state index in [4.69, 9.17) is 5.11 Å². The summed E-state index contributed by atoms with van der Waals surface area (Å²) >= 11 is 0. The third-order valence-corrected chi connectivity index (χ3v) is 3.06. The van der Waals surface area contributed by atoms with Crippen molar-refractivity contribution in [1.29, 1.82) is 0 Å². The summed E-state index contributed by atoms with van der Waals surface area (Å²) in [6.45, 7) is 0.578. The van der Waals surface area contributed by atoms with Crippen LogP contribution in [-0.4, -0.2) is 34.5 Å². The zero-order valence-electron chi connectivity index (χ0n) is 10.5. The van der Waals surface area contributed by atoms with Gasteiger partial charge in [-0.25, -0.2) is 4.79 Å². The summed E-state index contributed by atoms with van der Waals surface area (Å²) < 4.78 is 0. The van der Waals surface area contributed by atoms with E-state index in [2.05, 4.69) is 10.6 Å². The van der Waals surface area contributed by atoms with E-state index in [1.807, 2.05) is 0 Å². The number of amides is 1. The van der Waals surface area contributed by atoms with Gasteiger partial charge in [0.15, 0.2) is 0 Å².